The Labute approximate surface area is 123 Å². The monoisotopic (exact) mass is 285 g/mol. The van der Waals surface area contributed by atoms with Crippen molar-refractivity contribution in [2.75, 3.05) is 33.7 Å². The van der Waals surface area contributed by atoms with Crippen molar-refractivity contribution < 1.29 is 9.90 Å². The summed E-state index contributed by atoms with van der Waals surface area (Å²) in [5, 5.41) is 9.83. The minimum atomic E-state index is -0.384. The van der Waals surface area contributed by atoms with E-state index in [1.165, 1.54) is 0 Å². The number of hydrogen-bond acceptors (Lipinski definition) is 4. The molecule has 1 aliphatic rings. The molecule has 118 valence electrons. The van der Waals surface area contributed by atoms with E-state index in [-0.39, 0.29) is 24.0 Å². The van der Waals surface area contributed by atoms with E-state index in [9.17, 15) is 9.90 Å². The van der Waals surface area contributed by atoms with Gasteiger partial charge in [0.25, 0.3) is 0 Å². The second kappa shape index (κ2) is 7.96. The van der Waals surface area contributed by atoms with Crippen LogP contribution in [0, 0.1) is 11.8 Å². The van der Waals surface area contributed by atoms with Gasteiger partial charge in [-0.05, 0) is 45.3 Å². The zero-order chi connectivity index (χ0) is 15.3. The molecule has 5 nitrogen and oxygen atoms in total. The molecule has 0 aliphatic carbocycles. The summed E-state index contributed by atoms with van der Waals surface area (Å²) < 4.78 is 0. The molecule has 0 radical (unpaired) electrons. The van der Waals surface area contributed by atoms with Gasteiger partial charge in [-0.15, -0.1) is 0 Å². The van der Waals surface area contributed by atoms with Gasteiger partial charge in [-0.3, -0.25) is 4.79 Å². The van der Waals surface area contributed by atoms with E-state index >= 15 is 0 Å². The Morgan fingerprint density at radius 2 is 2.10 bits per heavy atom. The van der Waals surface area contributed by atoms with Crippen LogP contribution in [0.3, 0.4) is 0 Å². The summed E-state index contributed by atoms with van der Waals surface area (Å²) in [6, 6.07) is 0.130. The first kappa shape index (κ1) is 17.4. The number of nitrogens with zero attached hydrogens (tertiary/aromatic N) is 2. The first-order chi connectivity index (χ1) is 9.33. The smallest absolute Gasteiger partial charge is 0.223 e. The number of aliphatic hydroxyl groups excluding tert-OH is 1. The molecule has 1 heterocycles. The molecule has 1 fully saturated rings. The lowest BCUT2D eigenvalue weighted by molar-refractivity contribution is -0.133. The first-order valence-electron chi connectivity index (χ1n) is 7.65. The van der Waals surface area contributed by atoms with Gasteiger partial charge in [-0.2, -0.15) is 0 Å². The normalized spacial score (nSPS) is 24.7. The third kappa shape index (κ3) is 5.38. The molecule has 1 saturated heterocycles. The lowest BCUT2D eigenvalue weighted by Crippen LogP contribution is -2.42. The van der Waals surface area contributed by atoms with Crippen molar-refractivity contribution in [3.63, 3.8) is 0 Å². The predicted molar refractivity (Wildman–Crippen MR) is 81.3 cm³/mol. The fraction of sp³-hybridized carbons (Fsp3) is 0.933. The lowest BCUT2D eigenvalue weighted by Gasteiger charge is -2.28. The molecule has 2 unspecified atom stereocenters. The second-order valence-electron chi connectivity index (χ2n) is 6.79. The minimum Gasteiger partial charge on any atom is -0.391 e. The van der Waals surface area contributed by atoms with E-state index in [0.29, 0.717) is 31.8 Å². The van der Waals surface area contributed by atoms with Crippen LogP contribution in [0.4, 0.5) is 0 Å². The summed E-state index contributed by atoms with van der Waals surface area (Å²) in [6.45, 7) is 6.14. The molecule has 1 aliphatic heterocycles. The maximum atomic E-state index is 12.5. The molecule has 0 spiro atoms. The van der Waals surface area contributed by atoms with Crippen molar-refractivity contribution in [2.45, 2.75) is 45.3 Å². The number of aliphatic hydroxyl groups is 1. The Morgan fingerprint density at radius 1 is 1.45 bits per heavy atom. The Morgan fingerprint density at radius 3 is 2.60 bits per heavy atom. The highest BCUT2D eigenvalue weighted by Gasteiger charge is 2.34. The summed E-state index contributed by atoms with van der Waals surface area (Å²) >= 11 is 0. The van der Waals surface area contributed by atoms with Crippen LogP contribution in [0.5, 0.6) is 0 Å². The summed E-state index contributed by atoms with van der Waals surface area (Å²) in [5.41, 5.74) is 5.78. The third-order valence-electron chi connectivity index (χ3n) is 3.89. The SMILES string of the molecule is CC(C)C[C@H](CN)CC(=O)N1CC(O)CC1CN(C)C. The maximum Gasteiger partial charge on any atom is 0.223 e. The predicted octanol–water partition coefficient (Wildman–Crippen LogP) is 0.521. The molecule has 20 heavy (non-hydrogen) atoms. The van der Waals surface area contributed by atoms with Crippen molar-refractivity contribution in [1.29, 1.82) is 0 Å². The second-order valence-corrected chi connectivity index (χ2v) is 6.79. The van der Waals surface area contributed by atoms with Crippen LogP contribution in [0.2, 0.25) is 0 Å². The third-order valence-corrected chi connectivity index (χ3v) is 3.89. The van der Waals surface area contributed by atoms with E-state index in [0.717, 1.165) is 13.0 Å². The fourth-order valence-corrected chi connectivity index (χ4v) is 3.09. The zero-order valence-electron chi connectivity index (χ0n) is 13.4. The molecule has 0 bridgehead atoms. The van der Waals surface area contributed by atoms with Gasteiger partial charge in [-0.1, -0.05) is 13.8 Å². The van der Waals surface area contributed by atoms with Crippen LogP contribution in [0.25, 0.3) is 0 Å². The maximum absolute atomic E-state index is 12.5. The molecule has 1 amide bonds. The minimum absolute atomic E-state index is 0.130. The largest absolute Gasteiger partial charge is 0.391 e. The number of likely N-dealkylation sites (tertiary alicyclic amines) is 1. The Kier molecular flexibility index (Phi) is 6.92. The van der Waals surface area contributed by atoms with E-state index in [1.54, 1.807) is 0 Å². The van der Waals surface area contributed by atoms with E-state index < -0.39 is 0 Å². The molecule has 1 rings (SSSR count). The molecule has 0 aromatic heterocycles. The van der Waals surface area contributed by atoms with Gasteiger partial charge in [0.05, 0.1) is 6.10 Å². The number of carbonyl (C=O) groups excluding carboxylic acids is 1. The van der Waals surface area contributed by atoms with Crippen molar-refractivity contribution in [2.24, 2.45) is 17.6 Å². The molecular weight excluding hydrogens is 254 g/mol. The Balaban J connectivity index is 2.59. The van der Waals surface area contributed by atoms with Gasteiger partial charge >= 0.3 is 0 Å². The Bertz CT molecular complexity index is 307. The average Bonchev–Trinajstić information content (AvgIpc) is 2.67. The number of amides is 1. The quantitative estimate of drug-likeness (QED) is 0.715. The highest BCUT2D eigenvalue weighted by atomic mass is 16.3. The number of likely N-dealkylation sites (N-methyl/N-ethyl adjacent to an activating group) is 1. The van der Waals surface area contributed by atoms with Crippen LogP contribution < -0.4 is 5.73 Å². The molecule has 0 aromatic carbocycles. The number of rotatable bonds is 7. The molecule has 3 atom stereocenters. The van der Waals surface area contributed by atoms with Gasteiger partial charge in [0, 0.05) is 25.6 Å². The highest BCUT2D eigenvalue weighted by Crippen LogP contribution is 2.22. The lowest BCUT2D eigenvalue weighted by atomic mass is 9.93. The van der Waals surface area contributed by atoms with Crippen LogP contribution in [0.1, 0.15) is 33.1 Å². The van der Waals surface area contributed by atoms with Crippen molar-refractivity contribution in [3.05, 3.63) is 0 Å². The summed E-state index contributed by atoms with van der Waals surface area (Å²) in [4.78, 5) is 16.4. The first-order valence-corrected chi connectivity index (χ1v) is 7.65. The van der Waals surface area contributed by atoms with Crippen LogP contribution in [-0.2, 0) is 4.79 Å². The van der Waals surface area contributed by atoms with Gasteiger partial charge in [0.1, 0.15) is 0 Å². The van der Waals surface area contributed by atoms with Gasteiger partial charge in [0.15, 0.2) is 0 Å². The van der Waals surface area contributed by atoms with Gasteiger partial charge in [-0.25, -0.2) is 0 Å². The van der Waals surface area contributed by atoms with Crippen LogP contribution in [0.15, 0.2) is 0 Å². The summed E-state index contributed by atoms with van der Waals surface area (Å²) in [6.07, 6.45) is 1.79. The van der Waals surface area contributed by atoms with Gasteiger partial charge < -0.3 is 20.6 Å². The Hall–Kier alpha value is -0.650. The van der Waals surface area contributed by atoms with Crippen LogP contribution in [-0.4, -0.2) is 66.7 Å². The van der Waals surface area contributed by atoms with E-state index in [4.69, 9.17) is 5.73 Å². The number of carbonyl (C=O) groups is 1. The standard InChI is InChI=1S/C15H31N3O2/c1-11(2)5-12(8-16)6-15(20)18-10-14(19)7-13(18)9-17(3)4/h11-14,19H,5-10,16H2,1-4H3/t12-,13?,14?/m0/s1. The molecule has 3 N–H and O–H groups in total. The number of β-amino-alcohol motifs (C(OH)–C–C–N with tert-alkyl or cyclic N) is 1. The van der Waals surface area contributed by atoms with Crippen molar-refractivity contribution in [3.8, 4) is 0 Å². The fourth-order valence-electron chi connectivity index (χ4n) is 3.09. The zero-order valence-corrected chi connectivity index (χ0v) is 13.4. The van der Waals surface area contributed by atoms with Crippen molar-refractivity contribution >= 4 is 5.91 Å². The van der Waals surface area contributed by atoms with Crippen LogP contribution >= 0.6 is 0 Å². The van der Waals surface area contributed by atoms with Gasteiger partial charge in [0.2, 0.25) is 5.91 Å². The molecular formula is C15H31N3O2. The highest BCUT2D eigenvalue weighted by molar-refractivity contribution is 5.77. The van der Waals surface area contributed by atoms with Crippen molar-refractivity contribution in [1.82, 2.24) is 9.80 Å². The summed E-state index contributed by atoms with van der Waals surface area (Å²) in [5.74, 6) is 0.947. The number of nitrogens with two attached hydrogens (primary N) is 1. The topological polar surface area (TPSA) is 69.8 Å². The average molecular weight is 285 g/mol. The molecule has 0 saturated carbocycles. The van der Waals surface area contributed by atoms with E-state index in [2.05, 4.69) is 18.7 Å². The molecule has 5 heteroatoms. The molecule has 0 aromatic rings. The van der Waals surface area contributed by atoms with E-state index in [1.807, 2.05) is 19.0 Å². The number of hydrogen-bond donors (Lipinski definition) is 2. The summed E-state index contributed by atoms with van der Waals surface area (Å²) in [7, 11) is 3.99.